The van der Waals surface area contributed by atoms with Crippen molar-refractivity contribution in [1.29, 1.82) is 5.41 Å². The lowest BCUT2D eigenvalue weighted by Crippen LogP contribution is -2.36. The zero-order chi connectivity index (χ0) is 13.3. The minimum absolute atomic E-state index is 0.00311. The molecular formula is C10H17N5O2S. The van der Waals surface area contributed by atoms with E-state index in [9.17, 15) is 8.42 Å². The van der Waals surface area contributed by atoms with Gasteiger partial charge in [0, 0.05) is 19.0 Å². The summed E-state index contributed by atoms with van der Waals surface area (Å²) in [6.07, 6.45) is 3.31. The smallest absolute Gasteiger partial charge is 0.260 e. The largest absolute Gasteiger partial charge is 0.388 e. The molecule has 1 saturated carbocycles. The van der Waals surface area contributed by atoms with Crippen molar-refractivity contribution in [3.63, 3.8) is 0 Å². The number of hydrogen-bond donors (Lipinski definition) is 3. The number of nitrogens with one attached hydrogen (secondary N) is 2. The number of rotatable bonds is 6. The average Bonchev–Trinajstić information content (AvgIpc) is 2.99. The van der Waals surface area contributed by atoms with Gasteiger partial charge in [0.1, 0.15) is 5.82 Å². The highest BCUT2D eigenvalue weighted by molar-refractivity contribution is 7.89. The Morgan fingerprint density at radius 3 is 2.78 bits per heavy atom. The highest BCUT2D eigenvalue weighted by atomic mass is 32.2. The molecule has 1 heterocycles. The van der Waals surface area contributed by atoms with E-state index in [-0.39, 0.29) is 29.9 Å². The van der Waals surface area contributed by atoms with E-state index in [1.165, 1.54) is 10.5 Å². The summed E-state index contributed by atoms with van der Waals surface area (Å²) < 4.78 is 26.2. The summed E-state index contributed by atoms with van der Waals surface area (Å²) in [4.78, 5) is 6.65. The molecule has 1 aliphatic carbocycles. The first-order chi connectivity index (χ1) is 8.41. The number of imidazole rings is 1. The molecule has 1 aromatic rings. The van der Waals surface area contributed by atoms with Gasteiger partial charge in [0.05, 0.1) is 12.0 Å². The maximum absolute atomic E-state index is 12.4. The van der Waals surface area contributed by atoms with Gasteiger partial charge in [-0.1, -0.05) is 0 Å². The molecule has 100 valence electrons. The maximum Gasteiger partial charge on any atom is 0.260 e. The molecule has 1 aliphatic rings. The summed E-state index contributed by atoms with van der Waals surface area (Å²) in [5.74, 6) is 0.563. The predicted molar refractivity (Wildman–Crippen MR) is 66.8 cm³/mol. The van der Waals surface area contributed by atoms with E-state index in [2.05, 4.69) is 9.97 Å². The number of aromatic nitrogens is 2. The van der Waals surface area contributed by atoms with Crippen molar-refractivity contribution in [1.82, 2.24) is 14.3 Å². The second-order valence-electron chi connectivity index (χ2n) is 4.46. The third-order valence-electron chi connectivity index (χ3n) is 2.82. The van der Waals surface area contributed by atoms with Crippen molar-refractivity contribution >= 4 is 15.9 Å². The molecule has 0 aromatic carbocycles. The average molecular weight is 271 g/mol. The Morgan fingerprint density at radius 2 is 2.33 bits per heavy atom. The summed E-state index contributed by atoms with van der Waals surface area (Å²) in [5.41, 5.74) is 5.29. The Bertz CT molecular complexity index is 546. The van der Waals surface area contributed by atoms with Crippen LogP contribution in [0.25, 0.3) is 0 Å². The fourth-order valence-electron chi connectivity index (χ4n) is 1.75. The fourth-order valence-corrected chi connectivity index (χ4v) is 3.40. The van der Waals surface area contributed by atoms with E-state index in [1.807, 2.05) is 0 Å². The molecule has 7 nitrogen and oxygen atoms in total. The minimum atomic E-state index is -3.55. The van der Waals surface area contributed by atoms with Gasteiger partial charge >= 0.3 is 0 Å². The first kappa shape index (κ1) is 13.0. The van der Waals surface area contributed by atoms with E-state index in [0.29, 0.717) is 5.82 Å². The second-order valence-corrected chi connectivity index (χ2v) is 6.31. The molecule has 0 bridgehead atoms. The summed E-state index contributed by atoms with van der Waals surface area (Å²) in [6.45, 7) is 1.95. The molecule has 0 amide bonds. The molecule has 18 heavy (non-hydrogen) atoms. The van der Waals surface area contributed by atoms with Gasteiger partial charge in [-0.2, -0.15) is 4.31 Å². The monoisotopic (exact) mass is 271 g/mol. The molecule has 0 aliphatic heterocycles. The summed E-state index contributed by atoms with van der Waals surface area (Å²) in [5, 5.41) is 7.31. The molecule has 0 spiro atoms. The molecule has 2 rings (SSSR count). The van der Waals surface area contributed by atoms with Crippen LogP contribution in [0.1, 0.15) is 25.1 Å². The Labute approximate surface area is 106 Å². The van der Waals surface area contributed by atoms with Gasteiger partial charge < -0.3 is 10.7 Å². The lowest BCUT2D eigenvalue weighted by Gasteiger charge is -2.20. The molecule has 0 atom stereocenters. The number of nitrogens with two attached hydrogens (primary N) is 1. The highest BCUT2D eigenvalue weighted by Gasteiger charge is 2.38. The summed E-state index contributed by atoms with van der Waals surface area (Å²) >= 11 is 0. The van der Waals surface area contributed by atoms with Gasteiger partial charge in [0.25, 0.3) is 10.0 Å². The third kappa shape index (κ3) is 2.70. The second kappa shape index (κ2) is 4.69. The lowest BCUT2D eigenvalue weighted by atomic mass is 10.4. The van der Waals surface area contributed by atoms with E-state index in [1.54, 1.807) is 6.92 Å². The molecule has 0 radical (unpaired) electrons. The quantitative estimate of drug-likeness (QED) is 0.506. The zero-order valence-electron chi connectivity index (χ0n) is 10.2. The number of amidine groups is 1. The van der Waals surface area contributed by atoms with Crippen LogP contribution in [0.2, 0.25) is 0 Å². The third-order valence-corrected chi connectivity index (χ3v) is 4.68. The Hall–Kier alpha value is -1.41. The van der Waals surface area contributed by atoms with Gasteiger partial charge in [-0.15, -0.1) is 0 Å². The Balaban J connectivity index is 2.21. The molecule has 1 aromatic heterocycles. The van der Waals surface area contributed by atoms with Crippen molar-refractivity contribution in [2.75, 3.05) is 6.54 Å². The van der Waals surface area contributed by atoms with Crippen molar-refractivity contribution in [3.05, 3.63) is 12.0 Å². The predicted octanol–water partition coefficient (Wildman–Crippen LogP) is 0.197. The van der Waals surface area contributed by atoms with Crippen LogP contribution in [0, 0.1) is 12.3 Å². The van der Waals surface area contributed by atoms with Gasteiger partial charge in [-0.25, -0.2) is 13.4 Å². The molecule has 0 saturated heterocycles. The number of aromatic amines is 1. The van der Waals surface area contributed by atoms with E-state index < -0.39 is 10.0 Å². The standard InChI is InChI=1S/C10H17N5O2S/c1-7-13-6-10(14-7)18(16,17)15(8-2-3-8)5-4-9(11)12/h6,8H,2-5H2,1H3,(H3,11,12)(H,13,14). The van der Waals surface area contributed by atoms with Crippen LogP contribution >= 0.6 is 0 Å². The van der Waals surface area contributed by atoms with Crippen molar-refractivity contribution < 1.29 is 8.42 Å². The van der Waals surface area contributed by atoms with Crippen LogP contribution in [0.3, 0.4) is 0 Å². The number of sulfonamides is 1. The van der Waals surface area contributed by atoms with Crippen LogP contribution in [0.15, 0.2) is 11.2 Å². The topological polar surface area (TPSA) is 116 Å². The highest BCUT2D eigenvalue weighted by Crippen LogP contribution is 2.31. The van der Waals surface area contributed by atoms with Crippen molar-refractivity contribution in [3.8, 4) is 0 Å². The normalized spacial score (nSPS) is 16.1. The Kier molecular flexibility index (Phi) is 3.40. The van der Waals surface area contributed by atoms with Crippen molar-refractivity contribution in [2.24, 2.45) is 5.73 Å². The number of aryl methyl sites for hydroxylation is 1. The van der Waals surface area contributed by atoms with Crippen LogP contribution < -0.4 is 5.73 Å². The lowest BCUT2D eigenvalue weighted by molar-refractivity contribution is 0.410. The van der Waals surface area contributed by atoms with Crippen LogP contribution in [0.4, 0.5) is 0 Å². The van der Waals surface area contributed by atoms with Gasteiger partial charge in [0.2, 0.25) is 0 Å². The SMILES string of the molecule is Cc1ncc(S(=O)(=O)N(CCC(=N)N)C2CC2)[nH]1. The molecule has 8 heteroatoms. The summed E-state index contributed by atoms with van der Waals surface area (Å²) in [6, 6.07) is 0.0398. The molecular weight excluding hydrogens is 254 g/mol. The Morgan fingerprint density at radius 1 is 1.67 bits per heavy atom. The van der Waals surface area contributed by atoms with Gasteiger partial charge in [-0.3, -0.25) is 5.41 Å². The molecule has 0 unspecified atom stereocenters. The van der Waals surface area contributed by atoms with Gasteiger partial charge in [0.15, 0.2) is 5.03 Å². The first-order valence-corrected chi connectivity index (χ1v) is 7.21. The first-order valence-electron chi connectivity index (χ1n) is 5.77. The van der Waals surface area contributed by atoms with E-state index >= 15 is 0 Å². The zero-order valence-corrected chi connectivity index (χ0v) is 11.0. The van der Waals surface area contributed by atoms with E-state index in [0.717, 1.165) is 12.8 Å². The van der Waals surface area contributed by atoms with Crippen LogP contribution in [-0.4, -0.2) is 41.1 Å². The van der Waals surface area contributed by atoms with Crippen molar-refractivity contribution in [2.45, 2.75) is 37.3 Å². The van der Waals surface area contributed by atoms with Crippen LogP contribution in [-0.2, 0) is 10.0 Å². The fraction of sp³-hybridized carbons (Fsp3) is 0.600. The maximum atomic E-state index is 12.4. The van der Waals surface area contributed by atoms with Crippen LogP contribution in [0.5, 0.6) is 0 Å². The number of H-pyrrole nitrogens is 1. The number of hydrogen-bond acceptors (Lipinski definition) is 4. The molecule has 1 fully saturated rings. The molecule has 4 N–H and O–H groups in total. The van der Waals surface area contributed by atoms with Gasteiger partial charge in [-0.05, 0) is 19.8 Å². The number of nitrogens with zero attached hydrogens (tertiary/aromatic N) is 2. The van der Waals surface area contributed by atoms with E-state index in [4.69, 9.17) is 11.1 Å². The summed E-state index contributed by atoms with van der Waals surface area (Å²) in [7, 11) is -3.55. The minimum Gasteiger partial charge on any atom is -0.388 e.